The monoisotopic (exact) mass is 333 g/mol. The number of rotatable bonds is 7. The van der Waals surface area contributed by atoms with Gasteiger partial charge < -0.3 is 14.4 Å². The molecule has 1 aliphatic rings. The minimum absolute atomic E-state index is 0.0230. The zero-order chi connectivity index (χ0) is 16.0. The van der Waals surface area contributed by atoms with Crippen LogP contribution in [0.15, 0.2) is 23.1 Å². The van der Waals surface area contributed by atoms with Crippen LogP contribution in [-0.2, 0) is 14.8 Å². The molecule has 1 fully saturated rings. The summed E-state index contributed by atoms with van der Waals surface area (Å²) in [6, 6.07) is 3.60. The number of methoxy groups -OCH3 is 1. The second-order valence-electron chi connectivity index (χ2n) is 5.16. The van der Waals surface area contributed by atoms with Crippen LogP contribution in [0.25, 0.3) is 0 Å². The van der Waals surface area contributed by atoms with Gasteiger partial charge in [-0.05, 0) is 18.2 Å². The number of benzene rings is 1. The normalized spacial score (nSPS) is 16.6. The summed E-state index contributed by atoms with van der Waals surface area (Å²) in [5, 5.41) is 0. The van der Waals surface area contributed by atoms with Crippen molar-refractivity contribution in [1.82, 2.24) is 4.72 Å². The third kappa shape index (κ3) is 4.64. The van der Waals surface area contributed by atoms with Crippen molar-refractivity contribution in [2.24, 2.45) is 0 Å². The first-order valence-electron chi connectivity index (χ1n) is 7.27. The van der Waals surface area contributed by atoms with Crippen LogP contribution in [-0.4, -0.2) is 54.9 Å². The van der Waals surface area contributed by atoms with Crippen LogP contribution in [0.5, 0.6) is 5.75 Å². The fraction of sp³-hybridized carbons (Fsp3) is 0.571. The molecule has 1 aliphatic heterocycles. The van der Waals surface area contributed by atoms with Crippen LogP contribution in [0, 0.1) is 5.82 Å². The van der Waals surface area contributed by atoms with Gasteiger partial charge in [-0.2, -0.15) is 0 Å². The highest BCUT2D eigenvalue weighted by Crippen LogP contribution is 2.20. The zero-order valence-electron chi connectivity index (χ0n) is 12.6. The number of quaternary nitrogens is 1. The van der Waals surface area contributed by atoms with E-state index in [0.717, 1.165) is 45.3 Å². The summed E-state index contributed by atoms with van der Waals surface area (Å²) >= 11 is 0. The SMILES string of the molecule is COc1ccc(S(=O)(=O)NCCC[NH+]2CCOCC2)cc1F. The number of nitrogens with one attached hydrogen (secondary N) is 2. The summed E-state index contributed by atoms with van der Waals surface area (Å²) < 4.78 is 50.3. The quantitative estimate of drug-likeness (QED) is 0.655. The molecule has 1 saturated heterocycles. The molecule has 0 aromatic heterocycles. The van der Waals surface area contributed by atoms with E-state index in [2.05, 4.69) is 4.72 Å². The summed E-state index contributed by atoms with van der Waals surface area (Å²) in [4.78, 5) is 1.32. The Morgan fingerprint density at radius 1 is 1.36 bits per heavy atom. The van der Waals surface area contributed by atoms with Gasteiger partial charge in [0.2, 0.25) is 10.0 Å². The van der Waals surface area contributed by atoms with Crippen LogP contribution >= 0.6 is 0 Å². The first-order chi connectivity index (χ1) is 10.5. The number of morpholine rings is 1. The standard InChI is InChI=1S/C14H21FN2O4S/c1-20-14-4-3-12(11-13(14)15)22(18,19)16-5-2-6-17-7-9-21-10-8-17/h3-4,11,16H,2,5-10H2,1H3/p+1. The van der Waals surface area contributed by atoms with Gasteiger partial charge >= 0.3 is 0 Å². The average molecular weight is 333 g/mol. The summed E-state index contributed by atoms with van der Waals surface area (Å²) in [5.74, 6) is -0.669. The molecule has 2 N–H and O–H groups in total. The van der Waals surface area contributed by atoms with E-state index in [-0.39, 0.29) is 10.6 Å². The smallest absolute Gasteiger partial charge is 0.240 e. The Bertz CT molecular complexity index is 589. The van der Waals surface area contributed by atoms with E-state index in [0.29, 0.717) is 6.54 Å². The molecule has 1 heterocycles. The molecule has 124 valence electrons. The molecule has 8 heteroatoms. The van der Waals surface area contributed by atoms with Crippen molar-refractivity contribution in [2.75, 3.05) is 46.5 Å². The Morgan fingerprint density at radius 2 is 2.09 bits per heavy atom. The number of ether oxygens (including phenoxy) is 2. The maximum absolute atomic E-state index is 13.6. The van der Waals surface area contributed by atoms with Gasteiger partial charge in [0, 0.05) is 13.0 Å². The van der Waals surface area contributed by atoms with Gasteiger partial charge in [0.05, 0.1) is 31.8 Å². The predicted molar refractivity (Wildman–Crippen MR) is 79.1 cm³/mol. The molecule has 0 atom stereocenters. The number of hydrogen-bond donors (Lipinski definition) is 2. The van der Waals surface area contributed by atoms with Crippen LogP contribution in [0.4, 0.5) is 4.39 Å². The first kappa shape index (κ1) is 17.1. The fourth-order valence-electron chi connectivity index (χ4n) is 2.35. The van der Waals surface area contributed by atoms with E-state index < -0.39 is 15.8 Å². The maximum atomic E-state index is 13.6. The third-order valence-electron chi connectivity index (χ3n) is 3.63. The largest absolute Gasteiger partial charge is 0.494 e. The second kappa shape index (κ2) is 7.87. The van der Waals surface area contributed by atoms with Crippen LogP contribution < -0.4 is 14.4 Å². The Labute approximate surface area is 130 Å². The molecule has 0 radical (unpaired) electrons. The lowest BCUT2D eigenvalue weighted by Crippen LogP contribution is -3.14. The van der Waals surface area contributed by atoms with Gasteiger partial charge in [-0.15, -0.1) is 0 Å². The van der Waals surface area contributed by atoms with Gasteiger partial charge in [0.1, 0.15) is 13.1 Å². The molecule has 0 amide bonds. The Hall–Kier alpha value is -1.22. The molecule has 2 rings (SSSR count). The molecule has 0 spiro atoms. The molecule has 0 bridgehead atoms. The fourth-order valence-corrected chi connectivity index (χ4v) is 3.44. The minimum Gasteiger partial charge on any atom is -0.494 e. The highest BCUT2D eigenvalue weighted by atomic mass is 32.2. The molecule has 1 aromatic carbocycles. The molecule has 0 aliphatic carbocycles. The van der Waals surface area contributed by atoms with Gasteiger partial charge in [-0.1, -0.05) is 0 Å². The molecular formula is C14H22FN2O4S+. The van der Waals surface area contributed by atoms with E-state index in [1.807, 2.05) is 0 Å². The lowest BCUT2D eigenvalue weighted by Gasteiger charge is -2.23. The van der Waals surface area contributed by atoms with E-state index in [1.165, 1.54) is 24.1 Å². The van der Waals surface area contributed by atoms with Crippen molar-refractivity contribution >= 4 is 10.0 Å². The van der Waals surface area contributed by atoms with Crippen molar-refractivity contribution in [2.45, 2.75) is 11.3 Å². The lowest BCUT2D eigenvalue weighted by molar-refractivity contribution is -0.908. The topological polar surface area (TPSA) is 69.1 Å². The number of hydrogen-bond acceptors (Lipinski definition) is 4. The summed E-state index contributed by atoms with van der Waals surface area (Å²) in [6.07, 6.45) is 0.729. The predicted octanol–water partition coefficient (Wildman–Crippen LogP) is -0.582. The highest BCUT2D eigenvalue weighted by Gasteiger charge is 2.17. The second-order valence-corrected chi connectivity index (χ2v) is 6.93. The molecule has 1 aromatic rings. The van der Waals surface area contributed by atoms with Gasteiger partial charge in [-0.25, -0.2) is 17.5 Å². The van der Waals surface area contributed by atoms with Crippen molar-refractivity contribution in [3.63, 3.8) is 0 Å². The van der Waals surface area contributed by atoms with E-state index in [9.17, 15) is 12.8 Å². The molecule has 0 saturated carbocycles. The van der Waals surface area contributed by atoms with Crippen molar-refractivity contribution in [3.05, 3.63) is 24.0 Å². The first-order valence-corrected chi connectivity index (χ1v) is 8.76. The highest BCUT2D eigenvalue weighted by molar-refractivity contribution is 7.89. The maximum Gasteiger partial charge on any atom is 0.240 e. The van der Waals surface area contributed by atoms with Crippen molar-refractivity contribution in [1.29, 1.82) is 0 Å². The van der Waals surface area contributed by atoms with E-state index >= 15 is 0 Å². The molecular weight excluding hydrogens is 311 g/mol. The lowest BCUT2D eigenvalue weighted by atomic mass is 10.3. The Kier molecular flexibility index (Phi) is 6.13. The Morgan fingerprint density at radius 3 is 2.73 bits per heavy atom. The third-order valence-corrected chi connectivity index (χ3v) is 5.09. The summed E-state index contributed by atoms with van der Waals surface area (Å²) in [5.41, 5.74) is 0. The molecule has 22 heavy (non-hydrogen) atoms. The van der Waals surface area contributed by atoms with Gasteiger partial charge in [-0.3, -0.25) is 0 Å². The van der Waals surface area contributed by atoms with Crippen LogP contribution in [0.1, 0.15) is 6.42 Å². The number of sulfonamides is 1. The zero-order valence-corrected chi connectivity index (χ0v) is 13.4. The molecule has 6 nitrogen and oxygen atoms in total. The van der Waals surface area contributed by atoms with Gasteiger partial charge in [0.25, 0.3) is 0 Å². The molecule has 0 unspecified atom stereocenters. The summed E-state index contributed by atoms with van der Waals surface area (Å²) in [6.45, 7) is 4.65. The van der Waals surface area contributed by atoms with E-state index in [4.69, 9.17) is 9.47 Å². The van der Waals surface area contributed by atoms with Crippen LogP contribution in [0.2, 0.25) is 0 Å². The van der Waals surface area contributed by atoms with Crippen molar-refractivity contribution < 1.29 is 27.2 Å². The van der Waals surface area contributed by atoms with Gasteiger partial charge in [0.15, 0.2) is 11.6 Å². The summed E-state index contributed by atoms with van der Waals surface area (Å²) in [7, 11) is -2.36. The Balaban J connectivity index is 1.84. The average Bonchev–Trinajstić information content (AvgIpc) is 2.52. The van der Waals surface area contributed by atoms with E-state index in [1.54, 1.807) is 0 Å². The minimum atomic E-state index is -3.69. The number of halogens is 1. The van der Waals surface area contributed by atoms with Crippen molar-refractivity contribution in [3.8, 4) is 5.75 Å². The van der Waals surface area contributed by atoms with Crippen LogP contribution in [0.3, 0.4) is 0 Å².